The molecule has 10 rings (SSSR count). The number of nitrogens with one attached hydrogen (secondary N) is 4. The third kappa shape index (κ3) is 7.64. The molecule has 67 heavy (non-hydrogen) atoms. The van der Waals surface area contributed by atoms with Gasteiger partial charge in [0.1, 0.15) is 23.7 Å². The molecular weight excluding hydrogens is 863 g/mol. The Kier molecular flexibility index (Phi) is 11.3. The van der Waals surface area contributed by atoms with Gasteiger partial charge in [0.15, 0.2) is 0 Å². The number of carbonyl (C=O) groups is 4. The number of hydrogen-bond acceptors (Lipinski definition) is 9. The number of piperidine rings is 1. The van der Waals surface area contributed by atoms with E-state index in [-0.39, 0.29) is 40.9 Å². The van der Waals surface area contributed by atoms with E-state index in [1.807, 2.05) is 47.4 Å². The maximum Gasteiger partial charge on any atom is 0.407 e. The SMILES string of the molecule is COC(=O)N[C@H](C(=O)N1CCC[C@H]1c1ncc(-c2ccc3c(c2)C(F)(F)c2cc(-c4ccc5nc([C@@H]6[C@H]7CC[C@H](C7)N6C(=O)[C@H](NC(=O)OC)c6ccccc6)[nH]c5c4)ccc2-3)[nH]1)[C@@H](C)OC. The molecule has 2 aromatic heterocycles. The maximum atomic E-state index is 16.7. The van der Waals surface area contributed by atoms with Crippen LogP contribution in [0, 0.1) is 5.92 Å². The van der Waals surface area contributed by atoms with E-state index in [2.05, 4.69) is 25.6 Å². The lowest BCUT2D eigenvalue weighted by Crippen LogP contribution is -2.54. The molecule has 0 radical (unpaired) electrons. The molecule has 6 aromatic rings. The molecule has 2 aliphatic heterocycles. The summed E-state index contributed by atoms with van der Waals surface area (Å²) in [6.07, 6.45) is 3.44. The molecule has 4 amide bonds. The summed E-state index contributed by atoms with van der Waals surface area (Å²) in [5, 5.41) is 5.33. The highest BCUT2D eigenvalue weighted by Gasteiger charge is 2.52. The van der Waals surface area contributed by atoms with Crippen LogP contribution in [-0.4, -0.2) is 99.8 Å². The van der Waals surface area contributed by atoms with E-state index < -0.39 is 42.3 Å². The van der Waals surface area contributed by atoms with E-state index in [1.54, 1.807) is 54.4 Å². The number of hydrogen-bond donors (Lipinski definition) is 4. The number of fused-ring (bicyclic) bond motifs is 6. The van der Waals surface area contributed by atoms with Gasteiger partial charge >= 0.3 is 12.2 Å². The van der Waals surface area contributed by atoms with Crippen LogP contribution < -0.4 is 10.6 Å². The molecule has 4 aliphatic rings. The summed E-state index contributed by atoms with van der Waals surface area (Å²) >= 11 is 0. The number of benzene rings is 4. The molecule has 0 spiro atoms. The van der Waals surface area contributed by atoms with E-state index in [0.717, 1.165) is 24.8 Å². The van der Waals surface area contributed by atoms with Crippen molar-refractivity contribution in [2.75, 3.05) is 27.9 Å². The number of likely N-dealkylation sites (tertiary alicyclic amines) is 2. The fraction of sp³-hybridized carbons (Fsp3) is 0.360. The van der Waals surface area contributed by atoms with Crippen LogP contribution in [-0.2, 0) is 29.7 Å². The normalized spacial score (nSPS) is 21.4. The molecule has 0 unspecified atom stereocenters. The van der Waals surface area contributed by atoms with Gasteiger partial charge in [0.05, 0.1) is 55.3 Å². The van der Waals surface area contributed by atoms with E-state index in [1.165, 1.54) is 27.4 Å². The molecule has 7 atom stereocenters. The van der Waals surface area contributed by atoms with Gasteiger partial charge in [-0.05, 0) is 97.0 Å². The quantitative estimate of drug-likeness (QED) is 0.0993. The van der Waals surface area contributed by atoms with Crippen LogP contribution in [0.3, 0.4) is 0 Å². The first kappa shape index (κ1) is 43.7. The molecular formula is C50H50F2N8O7. The molecule has 4 N–H and O–H groups in total. The Hall–Kier alpha value is -7.14. The number of imidazole rings is 2. The number of ether oxygens (including phenoxy) is 3. The second kappa shape index (κ2) is 17.3. The maximum absolute atomic E-state index is 16.7. The second-order valence-corrected chi connectivity index (χ2v) is 17.8. The number of alkyl halides is 2. The van der Waals surface area contributed by atoms with Crippen LogP contribution in [0.4, 0.5) is 18.4 Å². The molecule has 4 heterocycles. The van der Waals surface area contributed by atoms with Crippen LogP contribution in [0.2, 0.25) is 0 Å². The van der Waals surface area contributed by atoms with Gasteiger partial charge in [0.25, 0.3) is 11.8 Å². The first-order valence-corrected chi connectivity index (χ1v) is 22.5. The third-order valence-electron chi connectivity index (χ3n) is 14.1. The number of halogens is 2. The van der Waals surface area contributed by atoms with Gasteiger partial charge in [0, 0.05) is 36.4 Å². The van der Waals surface area contributed by atoms with Crippen LogP contribution in [0.25, 0.3) is 44.5 Å². The molecule has 4 aromatic carbocycles. The highest BCUT2D eigenvalue weighted by Crippen LogP contribution is 2.53. The van der Waals surface area contributed by atoms with Crippen molar-refractivity contribution in [3.05, 3.63) is 119 Å². The number of nitrogens with zero attached hydrogens (tertiary/aromatic N) is 4. The van der Waals surface area contributed by atoms with Crippen molar-refractivity contribution >= 4 is 35.0 Å². The summed E-state index contributed by atoms with van der Waals surface area (Å²) < 4.78 is 48.3. The number of rotatable bonds is 11. The predicted molar refractivity (Wildman–Crippen MR) is 242 cm³/mol. The van der Waals surface area contributed by atoms with Gasteiger partial charge in [-0.25, -0.2) is 19.6 Å². The largest absolute Gasteiger partial charge is 0.453 e. The zero-order valence-electron chi connectivity index (χ0n) is 37.3. The van der Waals surface area contributed by atoms with Crippen molar-refractivity contribution in [2.45, 2.75) is 81.3 Å². The standard InChI is InChI=1S/C50H50F2N8O7/c1-26(65-2)41(57-48(63)66-3)46(61)59-20-8-11-40(59)44-53-25-39(56-44)30-14-18-34-33-17-13-28(22-35(33)50(51,52)36(34)23-30)29-15-19-37-38(24-29)55-45(54-37)43-31-12-16-32(21-31)60(43)47(62)42(58-49(64)67-4)27-9-6-5-7-10-27/h5-7,9-10,13-15,17-19,22-26,31-32,40-43H,8,11-12,16,20-21H2,1-4H3,(H,53,56)(H,54,55)(H,57,63)(H,58,64)/t26-,31+,32-,40+,41+,42-,43+/m1/s1. The van der Waals surface area contributed by atoms with Gasteiger partial charge < -0.3 is 44.6 Å². The van der Waals surface area contributed by atoms with Crippen molar-refractivity contribution in [2.24, 2.45) is 5.92 Å². The molecule has 15 nitrogen and oxygen atoms in total. The summed E-state index contributed by atoms with van der Waals surface area (Å²) in [5.74, 6) is -2.56. The number of carbonyl (C=O) groups excluding carboxylic acids is 4. The first-order valence-electron chi connectivity index (χ1n) is 22.5. The number of methoxy groups -OCH3 is 3. The summed E-state index contributed by atoms with van der Waals surface area (Å²) in [5.41, 5.74) is 5.08. The highest BCUT2D eigenvalue weighted by atomic mass is 19.3. The second-order valence-electron chi connectivity index (χ2n) is 17.8. The van der Waals surface area contributed by atoms with Crippen molar-refractivity contribution in [3.63, 3.8) is 0 Å². The predicted octanol–water partition coefficient (Wildman–Crippen LogP) is 8.31. The van der Waals surface area contributed by atoms with Crippen molar-refractivity contribution in [1.29, 1.82) is 0 Å². The minimum absolute atomic E-state index is 0.00906. The molecule has 2 saturated heterocycles. The monoisotopic (exact) mass is 912 g/mol. The van der Waals surface area contributed by atoms with E-state index >= 15 is 8.78 Å². The van der Waals surface area contributed by atoms with Crippen LogP contribution in [0.15, 0.2) is 91.1 Å². The molecule has 3 fully saturated rings. The Morgan fingerprint density at radius 1 is 0.791 bits per heavy atom. The number of aromatic amines is 2. The Morgan fingerprint density at radius 2 is 1.48 bits per heavy atom. The van der Waals surface area contributed by atoms with Gasteiger partial charge in [-0.1, -0.05) is 60.7 Å². The van der Waals surface area contributed by atoms with Crippen molar-refractivity contribution < 1.29 is 42.2 Å². The van der Waals surface area contributed by atoms with Crippen LogP contribution in [0.5, 0.6) is 0 Å². The lowest BCUT2D eigenvalue weighted by atomic mass is 9.96. The number of aromatic nitrogens is 4. The smallest absolute Gasteiger partial charge is 0.407 e. The zero-order chi connectivity index (χ0) is 46.7. The summed E-state index contributed by atoms with van der Waals surface area (Å²) in [6.45, 7) is 2.12. The summed E-state index contributed by atoms with van der Waals surface area (Å²) in [7, 11) is 3.94. The van der Waals surface area contributed by atoms with Gasteiger partial charge in [-0.2, -0.15) is 8.78 Å². The number of alkyl carbamates (subject to hydrolysis) is 2. The van der Waals surface area contributed by atoms with E-state index in [4.69, 9.17) is 19.2 Å². The van der Waals surface area contributed by atoms with E-state index in [9.17, 15) is 19.2 Å². The molecule has 2 bridgehead atoms. The Morgan fingerprint density at radius 3 is 2.21 bits per heavy atom. The summed E-state index contributed by atoms with van der Waals surface area (Å²) in [4.78, 5) is 72.6. The van der Waals surface area contributed by atoms with Crippen LogP contribution >= 0.6 is 0 Å². The highest BCUT2D eigenvalue weighted by molar-refractivity contribution is 5.90. The first-order chi connectivity index (χ1) is 32.4. The lowest BCUT2D eigenvalue weighted by Gasteiger charge is -2.36. The minimum Gasteiger partial charge on any atom is -0.453 e. The molecule has 2 aliphatic carbocycles. The van der Waals surface area contributed by atoms with Crippen molar-refractivity contribution in [3.8, 4) is 33.5 Å². The Bertz CT molecular complexity index is 2900. The summed E-state index contributed by atoms with van der Waals surface area (Å²) in [6, 6.07) is 22.1. The average Bonchev–Trinajstić information content (AvgIpc) is 4.23. The zero-order valence-corrected chi connectivity index (χ0v) is 37.3. The minimum atomic E-state index is -3.31. The molecule has 1 saturated carbocycles. The average molecular weight is 913 g/mol. The topological polar surface area (TPSA) is 184 Å². The van der Waals surface area contributed by atoms with Gasteiger partial charge in [-0.3, -0.25) is 9.59 Å². The van der Waals surface area contributed by atoms with Gasteiger partial charge in [0.2, 0.25) is 5.91 Å². The fourth-order valence-corrected chi connectivity index (χ4v) is 10.7. The Balaban J connectivity index is 0.890. The van der Waals surface area contributed by atoms with Gasteiger partial charge in [-0.15, -0.1) is 0 Å². The van der Waals surface area contributed by atoms with Crippen LogP contribution in [0.1, 0.15) is 85.5 Å². The van der Waals surface area contributed by atoms with Crippen molar-refractivity contribution in [1.82, 2.24) is 40.4 Å². The number of amides is 4. The fourth-order valence-electron chi connectivity index (χ4n) is 10.7. The lowest BCUT2D eigenvalue weighted by molar-refractivity contribution is -0.138. The molecule has 346 valence electrons. The third-order valence-corrected chi connectivity index (χ3v) is 14.1. The van der Waals surface area contributed by atoms with E-state index in [0.29, 0.717) is 75.6 Å². The Labute approximate surface area is 384 Å². The molecule has 17 heteroatoms. The number of H-pyrrole nitrogens is 2.